The molecule has 1 aromatic rings. The van der Waals surface area contributed by atoms with Gasteiger partial charge in [-0.2, -0.15) is 0 Å². The SMILES string of the molecule is Cc1cn(C2CCCC(C)C2C)c(N)n1. The second-order valence-electron chi connectivity index (χ2n) is 4.98. The largest absolute Gasteiger partial charge is 0.369 e. The van der Waals surface area contributed by atoms with Gasteiger partial charge < -0.3 is 10.3 Å². The van der Waals surface area contributed by atoms with Gasteiger partial charge in [0.25, 0.3) is 0 Å². The molecule has 84 valence electrons. The summed E-state index contributed by atoms with van der Waals surface area (Å²) in [5, 5.41) is 0. The van der Waals surface area contributed by atoms with Crippen molar-refractivity contribution in [1.29, 1.82) is 0 Å². The van der Waals surface area contributed by atoms with Crippen molar-refractivity contribution in [3.8, 4) is 0 Å². The summed E-state index contributed by atoms with van der Waals surface area (Å²) in [7, 11) is 0. The lowest BCUT2D eigenvalue weighted by Crippen LogP contribution is -2.27. The van der Waals surface area contributed by atoms with Gasteiger partial charge in [-0.3, -0.25) is 0 Å². The molecule has 0 aromatic carbocycles. The number of nitrogen functional groups attached to an aromatic ring is 1. The molecule has 2 rings (SSSR count). The van der Waals surface area contributed by atoms with Crippen molar-refractivity contribution in [2.75, 3.05) is 5.73 Å². The number of nitrogens with two attached hydrogens (primary N) is 1. The third-order valence-electron chi connectivity index (χ3n) is 3.90. The van der Waals surface area contributed by atoms with Gasteiger partial charge in [0.05, 0.1) is 5.69 Å². The molecule has 1 saturated carbocycles. The minimum atomic E-state index is 0.551. The van der Waals surface area contributed by atoms with Crippen LogP contribution in [-0.2, 0) is 0 Å². The average molecular weight is 207 g/mol. The van der Waals surface area contributed by atoms with Gasteiger partial charge in [0.1, 0.15) is 0 Å². The Hall–Kier alpha value is -0.990. The second kappa shape index (κ2) is 3.87. The van der Waals surface area contributed by atoms with Crippen molar-refractivity contribution >= 4 is 5.95 Å². The van der Waals surface area contributed by atoms with E-state index in [1.807, 2.05) is 6.92 Å². The maximum Gasteiger partial charge on any atom is 0.200 e. The van der Waals surface area contributed by atoms with Gasteiger partial charge >= 0.3 is 0 Å². The molecule has 1 aromatic heterocycles. The Bertz CT molecular complexity index is 343. The van der Waals surface area contributed by atoms with E-state index in [0.717, 1.165) is 11.6 Å². The third-order valence-corrected chi connectivity index (χ3v) is 3.90. The van der Waals surface area contributed by atoms with Gasteiger partial charge in [-0.05, 0) is 25.2 Å². The van der Waals surface area contributed by atoms with Crippen LogP contribution in [0.25, 0.3) is 0 Å². The maximum absolute atomic E-state index is 5.93. The molecule has 1 heterocycles. The smallest absolute Gasteiger partial charge is 0.200 e. The van der Waals surface area contributed by atoms with E-state index in [1.54, 1.807) is 0 Å². The maximum atomic E-state index is 5.93. The second-order valence-corrected chi connectivity index (χ2v) is 4.98. The van der Waals surface area contributed by atoms with Crippen LogP contribution in [0.5, 0.6) is 0 Å². The number of anilines is 1. The zero-order valence-electron chi connectivity index (χ0n) is 9.90. The average Bonchev–Trinajstić information content (AvgIpc) is 2.50. The van der Waals surface area contributed by atoms with Crippen LogP contribution in [0.2, 0.25) is 0 Å². The summed E-state index contributed by atoms with van der Waals surface area (Å²) in [6, 6.07) is 0.551. The quantitative estimate of drug-likeness (QED) is 0.769. The molecular weight excluding hydrogens is 186 g/mol. The van der Waals surface area contributed by atoms with E-state index in [0.29, 0.717) is 17.9 Å². The number of hydrogen-bond acceptors (Lipinski definition) is 2. The summed E-state index contributed by atoms with van der Waals surface area (Å²) >= 11 is 0. The summed E-state index contributed by atoms with van der Waals surface area (Å²) in [4.78, 5) is 4.29. The number of aryl methyl sites for hydroxylation is 1. The van der Waals surface area contributed by atoms with E-state index in [-0.39, 0.29) is 0 Å². The molecule has 3 atom stereocenters. The van der Waals surface area contributed by atoms with Gasteiger partial charge in [0.15, 0.2) is 0 Å². The van der Waals surface area contributed by atoms with E-state index in [1.165, 1.54) is 19.3 Å². The first kappa shape index (κ1) is 10.5. The third kappa shape index (κ3) is 1.87. The molecule has 0 bridgehead atoms. The molecule has 3 unspecified atom stereocenters. The molecule has 1 aliphatic rings. The number of nitrogens with zero attached hydrogens (tertiary/aromatic N) is 2. The first-order valence-electron chi connectivity index (χ1n) is 5.90. The molecule has 3 nitrogen and oxygen atoms in total. The summed E-state index contributed by atoms with van der Waals surface area (Å²) in [5.41, 5.74) is 6.96. The molecule has 3 heteroatoms. The lowest BCUT2D eigenvalue weighted by atomic mass is 9.78. The minimum absolute atomic E-state index is 0.551. The first-order chi connectivity index (χ1) is 7.09. The van der Waals surface area contributed by atoms with Crippen LogP contribution >= 0.6 is 0 Å². The summed E-state index contributed by atoms with van der Waals surface area (Å²) in [5.74, 6) is 2.18. The molecule has 1 aliphatic carbocycles. The highest BCUT2D eigenvalue weighted by atomic mass is 15.2. The normalized spacial score (nSPS) is 31.8. The fourth-order valence-corrected chi connectivity index (χ4v) is 2.75. The highest BCUT2D eigenvalue weighted by Gasteiger charge is 2.29. The minimum Gasteiger partial charge on any atom is -0.369 e. The molecule has 15 heavy (non-hydrogen) atoms. The van der Waals surface area contributed by atoms with E-state index in [2.05, 4.69) is 29.6 Å². The number of hydrogen-bond donors (Lipinski definition) is 1. The van der Waals surface area contributed by atoms with Crippen molar-refractivity contribution in [3.05, 3.63) is 11.9 Å². The van der Waals surface area contributed by atoms with Crippen molar-refractivity contribution in [1.82, 2.24) is 9.55 Å². The van der Waals surface area contributed by atoms with Gasteiger partial charge in [-0.15, -0.1) is 0 Å². The standard InChI is InChI=1S/C12H21N3/c1-8-5-4-6-11(10(8)3)15-7-9(2)14-12(15)13/h7-8,10-11H,4-6H2,1-3H3,(H2,13,14). The highest BCUT2D eigenvalue weighted by molar-refractivity contribution is 5.22. The molecule has 1 fully saturated rings. The van der Waals surface area contributed by atoms with Crippen LogP contribution in [0.4, 0.5) is 5.95 Å². The summed E-state index contributed by atoms with van der Waals surface area (Å²) in [6.07, 6.45) is 6.00. The van der Waals surface area contributed by atoms with E-state index in [4.69, 9.17) is 5.73 Å². The Morgan fingerprint density at radius 2 is 2.13 bits per heavy atom. The monoisotopic (exact) mass is 207 g/mol. The number of aromatic nitrogens is 2. The zero-order valence-corrected chi connectivity index (χ0v) is 9.90. The van der Waals surface area contributed by atoms with Crippen molar-refractivity contribution in [2.24, 2.45) is 11.8 Å². The van der Waals surface area contributed by atoms with Crippen molar-refractivity contribution < 1.29 is 0 Å². The Labute approximate surface area is 91.7 Å². The van der Waals surface area contributed by atoms with Gasteiger partial charge in [0, 0.05) is 12.2 Å². The van der Waals surface area contributed by atoms with Crippen molar-refractivity contribution in [3.63, 3.8) is 0 Å². The molecule has 0 radical (unpaired) electrons. The lowest BCUT2D eigenvalue weighted by Gasteiger charge is -2.35. The molecule has 0 amide bonds. The number of imidazole rings is 1. The number of rotatable bonds is 1. The summed E-state index contributed by atoms with van der Waals surface area (Å²) < 4.78 is 2.18. The zero-order chi connectivity index (χ0) is 11.0. The first-order valence-corrected chi connectivity index (χ1v) is 5.90. The fraction of sp³-hybridized carbons (Fsp3) is 0.750. The van der Waals surface area contributed by atoms with Crippen LogP contribution in [0.3, 0.4) is 0 Å². The Kier molecular flexibility index (Phi) is 2.72. The molecule has 0 aliphatic heterocycles. The van der Waals surface area contributed by atoms with E-state index in [9.17, 15) is 0 Å². The van der Waals surface area contributed by atoms with Crippen LogP contribution in [-0.4, -0.2) is 9.55 Å². The van der Waals surface area contributed by atoms with Gasteiger partial charge in [0.2, 0.25) is 5.95 Å². The Morgan fingerprint density at radius 1 is 1.40 bits per heavy atom. The molecule has 0 spiro atoms. The molecule has 2 N–H and O–H groups in total. The van der Waals surface area contributed by atoms with E-state index >= 15 is 0 Å². The fourth-order valence-electron chi connectivity index (χ4n) is 2.75. The van der Waals surface area contributed by atoms with Gasteiger partial charge in [-0.25, -0.2) is 4.98 Å². The topological polar surface area (TPSA) is 43.8 Å². The van der Waals surface area contributed by atoms with Crippen molar-refractivity contribution in [2.45, 2.75) is 46.1 Å². The summed E-state index contributed by atoms with van der Waals surface area (Å²) in [6.45, 7) is 6.68. The molecule has 0 saturated heterocycles. The predicted molar refractivity (Wildman–Crippen MR) is 62.6 cm³/mol. The Morgan fingerprint density at radius 3 is 2.73 bits per heavy atom. The van der Waals surface area contributed by atoms with Crippen LogP contribution in [0.1, 0.15) is 44.8 Å². The Balaban J connectivity index is 2.25. The van der Waals surface area contributed by atoms with Crippen LogP contribution in [0.15, 0.2) is 6.20 Å². The highest BCUT2D eigenvalue weighted by Crippen LogP contribution is 2.38. The van der Waals surface area contributed by atoms with Crippen LogP contribution in [0, 0.1) is 18.8 Å². The predicted octanol–water partition coefficient (Wildman–Crippen LogP) is 2.77. The molecular formula is C12H21N3. The van der Waals surface area contributed by atoms with Crippen LogP contribution < -0.4 is 5.73 Å². The van der Waals surface area contributed by atoms with E-state index < -0.39 is 0 Å². The lowest BCUT2D eigenvalue weighted by molar-refractivity contribution is 0.188. The van der Waals surface area contributed by atoms with Gasteiger partial charge in [-0.1, -0.05) is 26.7 Å².